The molecule has 4 aliphatic rings. The van der Waals surface area contributed by atoms with Gasteiger partial charge in [-0.05, 0) is 69.8 Å². The van der Waals surface area contributed by atoms with Gasteiger partial charge in [0, 0.05) is 35.3 Å². The number of fused-ring (bicyclic) bond motifs is 3. The number of aromatic nitrogens is 1. The van der Waals surface area contributed by atoms with Crippen LogP contribution in [0.5, 0.6) is 0 Å². The van der Waals surface area contributed by atoms with Gasteiger partial charge < -0.3 is 4.57 Å². The first-order valence-electron chi connectivity index (χ1n) is 11.1. The van der Waals surface area contributed by atoms with Crippen molar-refractivity contribution < 1.29 is 0 Å². The summed E-state index contributed by atoms with van der Waals surface area (Å²) in [5.74, 6) is 0. The Balaban J connectivity index is 1.61. The smallest absolute Gasteiger partial charge is 0.0599 e. The number of para-hydroxylation sites is 1. The second-order valence-corrected chi connectivity index (χ2v) is 9.21. The number of rotatable bonds is 3. The highest BCUT2D eigenvalue weighted by molar-refractivity contribution is 5.90. The van der Waals surface area contributed by atoms with E-state index in [-0.39, 0.29) is 0 Å². The molecule has 1 aromatic carbocycles. The first-order valence-corrected chi connectivity index (χ1v) is 11.1. The number of hydrogen-bond donors (Lipinski definition) is 0. The first kappa shape index (κ1) is 16.4. The van der Waals surface area contributed by atoms with Crippen molar-refractivity contribution in [1.29, 1.82) is 0 Å². The molecule has 0 N–H and O–H groups in total. The van der Waals surface area contributed by atoms with E-state index in [1.807, 2.05) is 0 Å². The second kappa shape index (κ2) is 5.96. The highest BCUT2D eigenvalue weighted by Gasteiger charge is 2.50. The summed E-state index contributed by atoms with van der Waals surface area (Å²) in [5.41, 5.74) is 6.66. The molecule has 0 amide bonds. The molecule has 0 radical (unpaired) electrons. The van der Waals surface area contributed by atoms with Crippen LogP contribution in [-0.2, 0) is 6.42 Å². The van der Waals surface area contributed by atoms with E-state index in [2.05, 4.69) is 51.6 Å². The highest BCUT2D eigenvalue weighted by atomic mass is 15.2. The lowest BCUT2D eigenvalue weighted by Gasteiger charge is -2.53. The maximum absolute atomic E-state index is 2.81. The van der Waals surface area contributed by atoms with Crippen molar-refractivity contribution in [1.82, 2.24) is 14.4 Å². The molecule has 0 spiro atoms. The molecule has 6 rings (SSSR count). The quantitative estimate of drug-likeness (QED) is 0.786. The molecule has 4 aliphatic heterocycles. The Morgan fingerprint density at radius 1 is 1.04 bits per heavy atom. The van der Waals surface area contributed by atoms with Gasteiger partial charge in [0.25, 0.3) is 0 Å². The van der Waals surface area contributed by atoms with Crippen molar-refractivity contribution in [3.05, 3.63) is 41.6 Å². The number of piperidine rings is 1. The van der Waals surface area contributed by atoms with Crippen molar-refractivity contribution in [2.24, 2.45) is 5.41 Å². The normalized spacial score (nSPS) is 30.6. The second-order valence-electron chi connectivity index (χ2n) is 9.21. The van der Waals surface area contributed by atoms with Crippen LogP contribution in [0.2, 0.25) is 0 Å². The molecule has 0 aliphatic carbocycles. The lowest BCUT2D eigenvalue weighted by atomic mass is 9.66. The van der Waals surface area contributed by atoms with Gasteiger partial charge in [0.15, 0.2) is 0 Å². The summed E-state index contributed by atoms with van der Waals surface area (Å²) in [6, 6.07) is 9.78. The fourth-order valence-electron chi connectivity index (χ4n) is 6.67. The lowest BCUT2D eigenvalue weighted by molar-refractivity contribution is 0.0266. The fraction of sp³-hybridized carbons (Fsp3) is 0.583. The van der Waals surface area contributed by atoms with Crippen molar-refractivity contribution >= 4 is 16.6 Å². The number of benzene rings is 1. The largest absolute Gasteiger partial charge is 0.314 e. The summed E-state index contributed by atoms with van der Waals surface area (Å²) in [4.78, 5) is 5.49. The van der Waals surface area contributed by atoms with Gasteiger partial charge in [-0.1, -0.05) is 31.2 Å². The molecule has 2 fully saturated rings. The predicted molar refractivity (Wildman–Crippen MR) is 112 cm³/mol. The van der Waals surface area contributed by atoms with Crippen LogP contribution in [0.4, 0.5) is 0 Å². The van der Waals surface area contributed by atoms with Gasteiger partial charge in [-0.25, -0.2) is 0 Å². The third-order valence-corrected chi connectivity index (χ3v) is 7.91. The standard InChI is InChI=1S/C24H31N3/c1-2-24-11-7-14-26-15-10-20-19-8-3-4-9-21(19)27(22(20)23(24)26)18(16-24)17-25-12-5-6-13-25/h3-4,8-9,16,23H,2,5-7,10-15,17H2,1H3/t23-,24+/m1/s1. The fourth-order valence-corrected chi connectivity index (χ4v) is 6.67. The lowest BCUT2D eigenvalue weighted by Crippen LogP contribution is -2.51. The van der Waals surface area contributed by atoms with E-state index in [0.717, 1.165) is 6.54 Å². The monoisotopic (exact) mass is 361 g/mol. The van der Waals surface area contributed by atoms with Crippen LogP contribution in [0.25, 0.3) is 16.6 Å². The third-order valence-electron chi connectivity index (χ3n) is 7.91. The summed E-state index contributed by atoms with van der Waals surface area (Å²) in [6.07, 6.45) is 10.7. The molecule has 0 bridgehead atoms. The van der Waals surface area contributed by atoms with E-state index in [1.165, 1.54) is 75.6 Å². The Bertz CT molecular complexity index is 917. The zero-order chi connectivity index (χ0) is 18.0. The minimum absolute atomic E-state index is 0.340. The van der Waals surface area contributed by atoms with Gasteiger partial charge in [-0.3, -0.25) is 9.80 Å². The van der Waals surface area contributed by atoms with Crippen LogP contribution in [-0.4, -0.2) is 47.1 Å². The average molecular weight is 362 g/mol. The molecule has 0 saturated carbocycles. The first-order chi connectivity index (χ1) is 13.3. The molecular weight excluding hydrogens is 330 g/mol. The van der Waals surface area contributed by atoms with Gasteiger partial charge in [0.1, 0.15) is 0 Å². The number of hydrogen-bond acceptors (Lipinski definition) is 2. The molecule has 0 unspecified atom stereocenters. The van der Waals surface area contributed by atoms with Crippen LogP contribution < -0.4 is 0 Å². The van der Waals surface area contributed by atoms with Crippen molar-refractivity contribution in [3.63, 3.8) is 0 Å². The Morgan fingerprint density at radius 3 is 2.74 bits per heavy atom. The maximum Gasteiger partial charge on any atom is 0.0599 e. The molecule has 3 nitrogen and oxygen atoms in total. The van der Waals surface area contributed by atoms with Crippen molar-refractivity contribution in [2.75, 3.05) is 32.7 Å². The molecule has 3 heteroatoms. The molecule has 2 atom stereocenters. The summed E-state index contributed by atoms with van der Waals surface area (Å²) in [7, 11) is 0. The van der Waals surface area contributed by atoms with E-state index in [9.17, 15) is 0 Å². The van der Waals surface area contributed by atoms with Crippen LogP contribution in [0, 0.1) is 5.41 Å². The molecule has 1 aromatic heterocycles. The SMILES string of the molecule is CC[C@@]12C=C(CN3CCCC3)n3c4c(c5ccccc53)CCN(CCC1)[C@H]42. The molecule has 2 saturated heterocycles. The van der Waals surface area contributed by atoms with Gasteiger partial charge in [-0.2, -0.15) is 0 Å². The van der Waals surface area contributed by atoms with Crippen LogP contribution in [0.3, 0.4) is 0 Å². The van der Waals surface area contributed by atoms with E-state index < -0.39 is 0 Å². The van der Waals surface area contributed by atoms with Gasteiger partial charge in [-0.15, -0.1) is 0 Å². The maximum atomic E-state index is 2.81. The number of likely N-dealkylation sites (tertiary alicyclic amines) is 1. The van der Waals surface area contributed by atoms with Gasteiger partial charge >= 0.3 is 0 Å². The zero-order valence-electron chi connectivity index (χ0n) is 16.6. The van der Waals surface area contributed by atoms with Gasteiger partial charge in [0.2, 0.25) is 0 Å². The molecule has 27 heavy (non-hydrogen) atoms. The van der Waals surface area contributed by atoms with E-state index in [1.54, 1.807) is 17.0 Å². The van der Waals surface area contributed by atoms with Crippen LogP contribution in [0.1, 0.15) is 56.3 Å². The highest BCUT2D eigenvalue weighted by Crippen LogP contribution is 2.57. The van der Waals surface area contributed by atoms with Crippen LogP contribution >= 0.6 is 0 Å². The minimum atomic E-state index is 0.340. The van der Waals surface area contributed by atoms with Gasteiger partial charge in [0.05, 0.1) is 11.6 Å². The molecular formula is C24H31N3. The van der Waals surface area contributed by atoms with Crippen molar-refractivity contribution in [2.45, 2.75) is 51.5 Å². The Kier molecular flexibility index (Phi) is 3.61. The third kappa shape index (κ3) is 2.22. The molecule has 142 valence electrons. The summed E-state index contributed by atoms with van der Waals surface area (Å²) >= 11 is 0. The zero-order valence-corrected chi connectivity index (χ0v) is 16.6. The predicted octanol–water partition coefficient (Wildman–Crippen LogP) is 4.68. The average Bonchev–Trinajstić information content (AvgIpc) is 3.33. The van der Waals surface area contributed by atoms with E-state index in [4.69, 9.17) is 0 Å². The topological polar surface area (TPSA) is 11.4 Å². The summed E-state index contributed by atoms with van der Waals surface area (Å²) in [5, 5.41) is 1.51. The molecule has 5 heterocycles. The van der Waals surface area contributed by atoms with Crippen LogP contribution in [0.15, 0.2) is 30.3 Å². The van der Waals surface area contributed by atoms with E-state index >= 15 is 0 Å². The van der Waals surface area contributed by atoms with E-state index in [0.29, 0.717) is 11.5 Å². The summed E-state index contributed by atoms with van der Waals surface area (Å²) in [6.45, 7) is 8.62. The number of nitrogens with zero attached hydrogens (tertiary/aromatic N) is 3. The Labute approximate surface area is 162 Å². The minimum Gasteiger partial charge on any atom is -0.314 e. The molecule has 2 aromatic rings. The van der Waals surface area contributed by atoms with Crippen molar-refractivity contribution in [3.8, 4) is 0 Å². The Morgan fingerprint density at radius 2 is 1.89 bits per heavy atom. The summed E-state index contributed by atoms with van der Waals surface area (Å²) < 4.78 is 2.69. The Hall–Kier alpha value is -1.58.